The molecule has 0 radical (unpaired) electrons. The van der Waals surface area contributed by atoms with E-state index in [1.54, 1.807) is 0 Å². The second kappa shape index (κ2) is 20.2. The highest BCUT2D eigenvalue weighted by atomic mass is 28.6. The van der Waals surface area contributed by atoms with E-state index in [0.29, 0.717) is 6.23 Å². The van der Waals surface area contributed by atoms with Gasteiger partial charge in [-0.05, 0) is 103 Å². The number of rotatable bonds is 8. The van der Waals surface area contributed by atoms with E-state index in [-0.39, 0.29) is 44.3 Å². The van der Waals surface area contributed by atoms with E-state index in [2.05, 4.69) is 0 Å². The molecule has 14 fully saturated rings. The maximum Gasteiger partial charge on any atom is 0.489 e. The molecule has 0 aromatic carbocycles. The Hall–Kier alpha value is 1.26. The minimum absolute atomic E-state index is 0.0696. The summed E-state index contributed by atoms with van der Waals surface area (Å²) in [5.74, 6) is 0. The zero-order chi connectivity index (χ0) is 46.1. The van der Waals surface area contributed by atoms with E-state index >= 15 is 0 Å². The van der Waals surface area contributed by atoms with Crippen LogP contribution >= 0.6 is 0 Å². The maximum absolute atomic E-state index is 8.85. The first-order chi connectivity index (χ1) is 33.8. The molecule has 0 aromatic heterocycles. The van der Waals surface area contributed by atoms with E-state index in [1.165, 1.54) is 64.2 Å². The van der Waals surface area contributed by atoms with E-state index in [9.17, 15) is 0 Å². The van der Waals surface area contributed by atoms with Gasteiger partial charge in [-0.15, -0.1) is 0 Å². The summed E-state index contributed by atoms with van der Waals surface area (Å²) in [4.78, 5) is 0. The molecule has 4 unspecified atom stereocenters. The Bertz CT molecular complexity index is 1570. The Kier molecular flexibility index (Phi) is 14.6. The summed E-state index contributed by atoms with van der Waals surface area (Å²) in [5.41, 5.74) is 0.791. The zero-order valence-corrected chi connectivity index (χ0v) is 50.5. The van der Waals surface area contributed by atoms with Crippen molar-refractivity contribution in [3.05, 3.63) is 0 Å². The summed E-state index contributed by atoms with van der Waals surface area (Å²) < 4.78 is 105. The topological polar surface area (TPSA) is 111 Å². The first-order valence-corrected chi connectivity index (χ1v) is 44.9. The molecule has 4 atom stereocenters. The van der Waals surface area contributed by atoms with Crippen LogP contribution in [0, 0.1) is 0 Å². The van der Waals surface area contributed by atoms with Gasteiger partial charge in [0.25, 0.3) is 0 Å². The van der Waals surface area contributed by atoms with Gasteiger partial charge in [0.2, 0.25) is 0 Å². The maximum atomic E-state index is 8.85. The van der Waals surface area contributed by atoms with Crippen molar-refractivity contribution >= 4 is 70.2 Å². The second-order valence-corrected chi connectivity index (χ2v) is 51.3. The molecular formula is C49H90O12Si8. The quantitative estimate of drug-likeness (QED) is 0.216. The molecule has 8 bridgehead atoms. The molecule has 8 aliphatic carbocycles. The van der Waals surface area contributed by atoms with Crippen molar-refractivity contribution in [1.82, 2.24) is 0 Å². The minimum atomic E-state index is -4.01. The smallest absolute Gasteiger partial charge is 0.393 e. The van der Waals surface area contributed by atoms with Crippen LogP contribution < -0.4 is 0 Å². The zero-order valence-electron chi connectivity index (χ0n) is 42.5. The highest BCUT2D eigenvalue weighted by molar-refractivity contribution is 7.03. The van der Waals surface area contributed by atoms with Crippen LogP contribution in [0.1, 0.15) is 257 Å². The lowest BCUT2D eigenvalue weighted by atomic mass is 10.0. The molecule has 6 heterocycles. The Morgan fingerprint density at radius 2 is 0.348 bits per heavy atom. The van der Waals surface area contributed by atoms with Gasteiger partial charge >= 0.3 is 70.2 Å². The lowest BCUT2D eigenvalue weighted by molar-refractivity contribution is -0.0212. The third kappa shape index (κ3) is 9.03. The van der Waals surface area contributed by atoms with Crippen LogP contribution in [0.3, 0.4) is 0 Å². The van der Waals surface area contributed by atoms with Crippen LogP contribution in [-0.2, 0) is 49.7 Å². The molecule has 69 heavy (non-hydrogen) atoms. The van der Waals surface area contributed by atoms with Crippen LogP contribution in [-0.4, -0.2) is 76.4 Å². The fourth-order valence-electron chi connectivity index (χ4n) is 16.8. The third-order valence-corrected chi connectivity index (χ3v) is 60.4. The first-order valence-electron chi connectivity index (χ1n) is 30.2. The Balaban J connectivity index is 1.15. The van der Waals surface area contributed by atoms with E-state index in [4.69, 9.17) is 49.7 Å². The lowest BCUT2D eigenvalue weighted by Crippen LogP contribution is -2.87. The fraction of sp³-hybridized carbons (Fsp3) is 1.00. The standard InChI is InChI=1S/C49H90O12Si8/c1-9-25-42(26-10-1)62-41-50-63(43-27-11-2-12-28-43)53-66(46-33-17-5-18-34-46)55-64(51-62,44-29-13-3-14-30-44)57-68(48-37-21-7-22-38-48)58-65(52-62,45-31-15-4-16-32-45)56-67(54-63,47-35-19-6-20-36-47)60-69(59-66,61-68)49-39-23-8-24-40-49/h42-49H,1-41H2. The summed E-state index contributed by atoms with van der Waals surface area (Å²) in [6.45, 7) is 0. The molecule has 14 rings (SSSR count). The minimum Gasteiger partial charge on any atom is -0.393 e. The summed E-state index contributed by atoms with van der Waals surface area (Å²) in [6.07, 6.45) is 45.0. The predicted octanol–water partition coefficient (Wildman–Crippen LogP) is 14.5. The summed E-state index contributed by atoms with van der Waals surface area (Å²) in [7, 11) is -31.4. The highest BCUT2D eigenvalue weighted by Crippen LogP contribution is 2.65. The fourth-order valence-corrected chi connectivity index (χ4v) is 72.6. The van der Waals surface area contributed by atoms with E-state index in [0.717, 1.165) is 193 Å². The number of fused-ring (bicyclic) bond motifs is 1. The van der Waals surface area contributed by atoms with Gasteiger partial charge < -0.3 is 49.7 Å². The lowest BCUT2D eigenvalue weighted by Gasteiger charge is -2.65. The van der Waals surface area contributed by atoms with Gasteiger partial charge in [0, 0.05) is 44.3 Å². The van der Waals surface area contributed by atoms with Gasteiger partial charge in [0.05, 0.1) is 6.23 Å². The van der Waals surface area contributed by atoms with Crippen molar-refractivity contribution in [2.24, 2.45) is 0 Å². The van der Waals surface area contributed by atoms with Crippen molar-refractivity contribution in [1.29, 1.82) is 0 Å². The van der Waals surface area contributed by atoms with Crippen molar-refractivity contribution < 1.29 is 49.7 Å². The van der Waals surface area contributed by atoms with Crippen LogP contribution in [0.2, 0.25) is 44.3 Å². The molecule has 8 saturated carbocycles. The summed E-state index contributed by atoms with van der Waals surface area (Å²) >= 11 is 0. The van der Waals surface area contributed by atoms with Gasteiger partial charge in [-0.2, -0.15) is 0 Å². The van der Waals surface area contributed by atoms with Crippen molar-refractivity contribution in [3.8, 4) is 0 Å². The average Bonchev–Trinajstić information content (AvgIpc) is 3.50. The normalized spacial score (nSPS) is 47.0. The Labute approximate surface area is 424 Å². The number of hydrogen-bond acceptors (Lipinski definition) is 12. The van der Waals surface area contributed by atoms with Crippen LogP contribution in [0.5, 0.6) is 0 Å². The highest BCUT2D eigenvalue weighted by Gasteiger charge is 2.86. The van der Waals surface area contributed by atoms with Crippen LogP contribution in [0.4, 0.5) is 0 Å². The van der Waals surface area contributed by atoms with Gasteiger partial charge in [-0.3, -0.25) is 0 Å². The molecule has 0 N–H and O–H groups in total. The van der Waals surface area contributed by atoms with E-state index in [1.807, 2.05) is 0 Å². The molecule has 0 amide bonds. The SMILES string of the molecule is C1CCC([Si]23CO[Si]4(C5CCCCC5)O[Si]5(C6CCCCC6)O[Si](C6CCCCC6)(O2)O[Si]2(C6CCCCC6)O[Si](C6CCCCC6)(O3)O[Si](C3CCCCC3)(O4)O[Si](C3CCCCC3)(O5)O2)CC1. The Morgan fingerprint density at radius 1 is 0.174 bits per heavy atom. The van der Waals surface area contributed by atoms with E-state index < -0.39 is 70.2 Å². The molecular weight excluding hydrogens is 1010 g/mol. The van der Waals surface area contributed by atoms with Gasteiger partial charge in [0.15, 0.2) is 0 Å². The Morgan fingerprint density at radius 3 is 0.580 bits per heavy atom. The largest absolute Gasteiger partial charge is 0.489 e. The summed E-state index contributed by atoms with van der Waals surface area (Å²) in [6, 6.07) is 0. The molecule has 14 aliphatic rings. The van der Waals surface area contributed by atoms with Crippen LogP contribution in [0.15, 0.2) is 0 Å². The monoisotopic (exact) mass is 1090 g/mol. The average molecular weight is 1100 g/mol. The summed E-state index contributed by atoms with van der Waals surface area (Å²) in [5, 5.41) is 0. The predicted molar refractivity (Wildman–Crippen MR) is 279 cm³/mol. The molecule has 390 valence electrons. The molecule has 6 aliphatic heterocycles. The molecule has 12 nitrogen and oxygen atoms in total. The van der Waals surface area contributed by atoms with Crippen molar-refractivity contribution in [3.63, 3.8) is 0 Å². The molecule has 20 heteroatoms. The molecule has 0 spiro atoms. The van der Waals surface area contributed by atoms with Crippen LogP contribution in [0.25, 0.3) is 0 Å². The van der Waals surface area contributed by atoms with Gasteiger partial charge in [0.1, 0.15) is 0 Å². The first kappa shape index (κ1) is 49.8. The second-order valence-electron chi connectivity index (χ2n) is 25.1. The van der Waals surface area contributed by atoms with Crippen molar-refractivity contribution in [2.75, 3.05) is 6.23 Å². The third-order valence-electron chi connectivity index (χ3n) is 20.6. The molecule has 0 aromatic rings. The van der Waals surface area contributed by atoms with Crippen molar-refractivity contribution in [2.45, 2.75) is 301 Å². The number of hydrogen-bond donors (Lipinski definition) is 0. The molecule has 6 saturated heterocycles. The van der Waals surface area contributed by atoms with Gasteiger partial charge in [-0.1, -0.05) is 154 Å². The van der Waals surface area contributed by atoms with Gasteiger partial charge in [-0.25, -0.2) is 0 Å².